The molecule has 0 fully saturated rings. The van der Waals surface area contributed by atoms with E-state index in [1.807, 2.05) is 42.7 Å². The highest BCUT2D eigenvalue weighted by Gasteiger charge is 2.30. The average Bonchev–Trinajstić information content (AvgIpc) is 3.27. The molecule has 0 radical (unpaired) electrons. The van der Waals surface area contributed by atoms with Gasteiger partial charge in [-0.25, -0.2) is 4.79 Å². The lowest BCUT2D eigenvalue weighted by Crippen LogP contribution is -2.40. The first-order chi connectivity index (χ1) is 14.3. The molecular weight excluding hydrogens is 382 g/mol. The van der Waals surface area contributed by atoms with E-state index < -0.39 is 0 Å². The van der Waals surface area contributed by atoms with Gasteiger partial charge in [-0.05, 0) is 24.0 Å². The third-order valence-corrected chi connectivity index (χ3v) is 5.28. The van der Waals surface area contributed by atoms with Gasteiger partial charge in [0.2, 0.25) is 5.95 Å². The van der Waals surface area contributed by atoms with E-state index in [0.29, 0.717) is 49.3 Å². The highest BCUT2D eigenvalue weighted by atomic mass is 16.5. The second-order valence-electron chi connectivity index (χ2n) is 8.71. The molecule has 0 N–H and O–H groups in total. The minimum Gasteiger partial charge on any atom is -0.491 e. The Hall–Kier alpha value is -3.03. The maximum absolute atomic E-state index is 13.2. The Morgan fingerprint density at radius 2 is 1.80 bits per heavy atom. The Morgan fingerprint density at radius 1 is 1.07 bits per heavy atom. The molecule has 2 aromatic heterocycles. The summed E-state index contributed by atoms with van der Waals surface area (Å²) in [5.74, 6) is 2.06. The smallest absolute Gasteiger partial charge is 0.332 e. The quantitative estimate of drug-likeness (QED) is 0.624. The lowest BCUT2D eigenvalue weighted by atomic mass is 10.2. The number of nitrogens with zero attached hydrogens (tertiary/aromatic N) is 5. The fraction of sp³-hybridized carbons (Fsp3) is 0.500. The molecule has 0 aliphatic carbocycles. The van der Waals surface area contributed by atoms with Crippen molar-refractivity contribution in [2.75, 3.05) is 18.1 Å². The molecule has 3 aromatic rings. The van der Waals surface area contributed by atoms with Gasteiger partial charge < -0.3 is 14.2 Å². The maximum atomic E-state index is 13.2. The van der Waals surface area contributed by atoms with Crippen LogP contribution in [0.1, 0.15) is 27.7 Å². The van der Waals surface area contributed by atoms with Gasteiger partial charge in [-0.1, -0.05) is 39.8 Å². The minimum absolute atomic E-state index is 0.190. The molecule has 0 spiro atoms. The van der Waals surface area contributed by atoms with Gasteiger partial charge in [0.25, 0.3) is 5.56 Å². The second kappa shape index (κ2) is 7.66. The molecule has 4 rings (SSSR count). The summed E-state index contributed by atoms with van der Waals surface area (Å²) in [6.07, 6.45) is 0. The van der Waals surface area contributed by atoms with Crippen LogP contribution >= 0.6 is 0 Å². The molecule has 30 heavy (non-hydrogen) atoms. The predicted molar refractivity (Wildman–Crippen MR) is 118 cm³/mol. The van der Waals surface area contributed by atoms with Gasteiger partial charge >= 0.3 is 5.69 Å². The summed E-state index contributed by atoms with van der Waals surface area (Å²) in [5, 5.41) is 0. The number of imidazole rings is 1. The van der Waals surface area contributed by atoms with Gasteiger partial charge in [0.05, 0.1) is 12.3 Å². The summed E-state index contributed by atoms with van der Waals surface area (Å²) < 4.78 is 10.8. The van der Waals surface area contributed by atoms with Gasteiger partial charge in [0.15, 0.2) is 11.2 Å². The maximum Gasteiger partial charge on any atom is 0.332 e. The number of fused-ring (bicyclic) bond motifs is 3. The molecule has 8 nitrogen and oxygen atoms in total. The first kappa shape index (κ1) is 20.3. The lowest BCUT2D eigenvalue weighted by molar-refractivity contribution is 0.272. The van der Waals surface area contributed by atoms with Crippen molar-refractivity contribution in [3.8, 4) is 5.75 Å². The molecule has 160 valence electrons. The molecule has 0 saturated carbocycles. The Balaban J connectivity index is 1.85. The van der Waals surface area contributed by atoms with Crippen molar-refractivity contribution < 1.29 is 4.74 Å². The molecule has 1 aromatic carbocycles. The van der Waals surface area contributed by atoms with Crippen molar-refractivity contribution >= 4 is 22.8 Å². The van der Waals surface area contributed by atoms with Gasteiger partial charge in [0.1, 0.15) is 5.75 Å². The third-order valence-electron chi connectivity index (χ3n) is 5.28. The standard InChI is InChI=1S/C22H29N5O3/c1-14(2)12-27-20(28)18-19(24(5)22(27)29)23-21-25(10-11-26(18)21)16-8-6-7-9-17(16)30-13-15(3)4/h6-9,14-15H,10-13H2,1-5H3. The Labute approximate surface area is 175 Å². The van der Waals surface area contributed by atoms with Crippen LogP contribution in [0.15, 0.2) is 33.9 Å². The van der Waals surface area contributed by atoms with E-state index in [1.54, 1.807) is 7.05 Å². The molecule has 0 atom stereocenters. The average molecular weight is 412 g/mol. The Kier molecular flexibility index (Phi) is 5.17. The molecule has 1 aliphatic heterocycles. The van der Waals surface area contributed by atoms with Crippen LogP contribution in [0.4, 0.5) is 11.6 Å². The topological polar surface area (TPSA) is 74.3 Å². The van der Waals surface area contributed by atoms with E-state index in [9.17, 15) is 9.59 Å². The number of aryl methyl sites for hydroxylation is 1. The largest absolute Gasteiger partial charge is 0.491 e. The minimum atomic E-state index is -0.329. The van der Waals surface area contributed by atoms with Crippen molar-refractivity contribution in [2.45, 2.75) is 40.8 Å². The molecule has 0 bridgehead atoms. The number of aromatic nitrogens is 4. The number of hydrogen-bond acceptors (Lipinski definition) is 5. The molecule has 0 amide bonds. The Bertz CT molecular complexity index is 1200. The zero-order valence-corrected chi connectivity index (χ0v) is 18.3. The molecule has 3 heterocycles. The molecule has 0 unspecified atom stereocenters. The second-order valence-corrected chi connectivity index (χ2v) is 8.71. The van der Waals surface area contributed by atoms with Crippen LogP contribution in [0, 0.1) is 11.8 Å². The van der Waals surface area contributed by atoms with E-state index >= 15 is 0 Å². The van der Waals surface area contributed by atoms with Gasteiger partial charge in [-0.3, -0.25) is 13.9 Å². The zero-order chi connectivity index (χ0) is 21.6. The van der Waals surface area contributed by atoms with E-state index in [1.165, 1.54) is 9.13 Å². The molecule has 0 saturated heterocycles. The number of hydrogen-bond donors (Lipinski definition) is 0. The lowest BCUT2D eigenvalue weighted by Gasteiger charge is -2.20. The third kappa shape index (κ3) is 3.30. The number of benzene rings is 1. The predicted octanol–water partition coefficient (Wildman–Crippen LogP) is 2.74. The van der Waals surface area contributed by atoms with E-state index in [4.69, 9.17) is 9.72 Å². The fourth-order valence-electron chi connectivity index (χ4n) is 3.89. The van der Waals surface area contributed by atoms with Crippen LogP contribution in [0.2, 0.25) is 0 Å². The highest BCUT2D eigenvalue weighted by molar-refractivity contribution is 5.79. The number of anilines is 2. The van der Waals surface area contributed by atoms with Crippen molar-refractivity contribution in [3.05, 3.63) is 45.1 Å². The van der Waals surface area contributed by atoms with Crippen molar-refractivity contribution in [2.24, 2.45) is 18.9 Å². The van der Waals surface area contributed by atoms with E-state index in [-0.39, 0.29) is 17.2 Å². The first-order valence-corrected chi connectivity index (χ1v) is 10.5. The first-order valence-electron chi connectivity index (χ1n) is 10.5. The van der Waals surface area contributed by atoms with Crippen LogP contribution in [0.25, 0.3) is 11.2 Å². The summed E-state index contributed by atoms with van der Waals surface area (Å²) in [6, 6.07) is 7.87. The molecule has 8 heteroatoms. The summed E-state index contributed by atoms with van der Waals surface area (Å²) in [5.41, 5.74) is 1.22. The SMILES string of the molecule is CC(C)COc1ccccc1N1CCn2c1nc1c2c(=O)n(CC(C)C)c(=O)n1C. The van der Waals surface area contributed by atoms with Crippen LogP contribution in [-0.4, -0.2) is 31.8 Å². The molecular formula is C22H29N5O3. The number of rotatable bonds is 6. The van der Waals surface area contributed by atoms with E-state index in [0.717, 1.165) is 11.4 Å². The van der Waals surface area contributed by atoms with Crippen molar-refractivity contribution in [1.82, 2.24) is 18.7 Å². The van der Waals surface area contributed by atoms with Crippen LogP contribution in [0.3, 0.4) is 0 Å². The van der Waals surface area contributed by atoms with Crippen LogP contribution < -0.4 is 20.9 Å². The number of ether oxygens (including phenoxy) is 1. The van der Waals surface area contributed by atoms with Crippen LogP contribution in [0.5, 0.6) is 5.75 Å². The summed E-state index contributed by atoms with van der Waals surface area (Å²) >= 11 is 0. The summed E-state index contributed by atoms with van der Waals surface area (Å²) in [4.78, 5) is 32.7. The number of para-hydroxylation sites is 2. The van der Waals surface area contributed by atoms with Crippen molar-refractivity contribution in [1.29, 1.82) is 0 Å². The van der Waals surface area contributed by atoms with Gasteiger partial charge in [-0.2, -0.15) is 4.98 Å². The Morgan fingerprint density at radius 3 is 2.50 bits per heavy atom. The van der Waals surface area contributed by atoms with Crippen LogP contribution in [-0.2, 0) is 20.1 Å². The molecule has 1 aliphatic rings. The zero-order valence-electron chi connectivity index (χ0n) is 18.3. The highest BCUT2D eigenvalue weighted by Crippen LogP contribution is 2.37. The van der Waals surface area contributed by atoms with Gasteiger partial charge in [-0.15, -0.1) is 0 Å². The normalized spacial score (nSPS) is 13.6. The van der Waals surface area contributed by atoms with Crippen molar-refractivity contribution in [3.63, 3.8) is 0 Å². The van der Waals surface area contributed by atoms with Gasteiger partial charge in [0, 0.05) is 26.7 Å². The monoisotopic (exact) mass is 411 g/mol. The summed E-state index contributed by atoms with van der Waals surface area (Å²) in [7, 11) is 1.67. The fourth-order valence-corrected chi connectivity index (χ4v) is 3.89. The van der Waals surface area contributed by atoms with E-state index in [2.05, 4.69) is 18.7 Å². The summed E-state index contributed by atoms with van der Waals surface area (Å²) in [6.45, 7) is 10.5.